The average molecular weight is 366 g/mol. The first-order chi connectivity index (χ1) is 12.7. The van der Waals surface area contributed by atoms with E-state index in [4.69, 9.17) is 4.42 Å². The summed E-state index contributed by atoms with van der Waals surface area (Å²) in [6.45, 7) is 6.21. The van der Waals surface area contributed by atoms with Crippen molar-refractivity contribution < 1.29 is 14.1 Å². The molecule has 0 aliphatic heterocycles. The lowest BCUT2D eigenvalue weighted by Crippen LogP contribution is -2.18. The Balaban J connectivity index is 1.92. The van der Waals surface area contributed by atoms with Crippen LogP contribution in [0.15, 0.2) is 57.7 Å². The molecule has 0 aliphatic rings. The summed E-state index contributed by atoms with van der Waals surface area (Å²) in [5.74, 6) is -0.465. The third-order valence-electron chi connectivity index (χ3n) is 4.20. The van der Waals surface area contributed by atoms with Gasteiger partial charge in [-0.15, -0.1) is 0 Å². The maximum Gasteiger partial charge on any atom is 0.360 e. The number of hydrogen-bond acceptors (Lipinski definition) is 5. The van der Waals surface area contributed by atoms with E-state index in [9.17, 15) is 19.7 Å². The van der Waals surface area contributed by atoms with Crippen LogP contribution < -0.4 is 10.9 Å². The fourth-order valence-electron chi connectivity index (χ4n) is 2.68. The smallest absolute Gasteiger partial charge is 0.360 e. The summed E-state index contributed by atoms with van der Waals surface area (Å²) in [6, 6.07) is 12.8. The molecule has 27 heavy (non-hydrogen) atoms. The van der Waals surface area contributed by atoms with Gasteiger partial charge >= 0.3 is 11.3 Å². The number of nitrogens with one attached hydrogen (secondary N) is 1. The van der Waals surface area contributed by atoms with Gasteiger partial charge in [0.15, 0.2) is 0 Å². The molecule has 0 saturated heterocycles. The van der Waals surface area contributed by atoms with Gasteiger partial charge in [0.1, 0.15) is 5.69 Å². The lowest BCUT2D eigenvalue weighted by molar-refractivity contribution is -0.383. The number of rotatable bonds is 3. The van der Waals surface area contributed by atoms with Gasteiger partial charge in [0, 0.05) is 17.0 Å². The maximum absolute atomic E-state index is 12.4. The minimum atomic E-state index is -0.850. The lowest BCUT2D eigenvalue weighted by Gasteiger charge is -2.19. The summed E-state index contributed by atoms with van der Waals surface area (Å²) in [5, 5.41) is 13.9. The second-order valence-corrected chi connectivity index (χ2v) is 7.18. The molecule has 0 fully saturated rings. The number of para-hydroxylation sites is 1. The predicted molar refractivity (Wildman–Crippen MR) is 102 cm³/mol. The van der Waals surface area contributed by atoms with Gasteiger partial charge in [0.2, 0.25) is 5.58 Å². The minimum Gasteiger partial charge on any atom is -0.414 e. The van der Waals surface area contributed by atoms with E-state index in [-0.39, 0.29) is 22.4 Å². The molecule has 7 nitrogen and oxygen atoms in total. The molecular weight excluding hydrogens is 348 g/mol. The van der Waals surface area contributed by atoms with Gasteiger partial charge in [-0.25, -0.2) is 4.79 Å². The van der Waals surface area contributed by atoms with Crippen LogP contribution in [0, 0.1) is 10.1 Å². The van der Waals surface area contributed by atoms with Gasteiger partial charge in [-0.1, -0.05) is 45.0 Å². The first-order valence-electron chi connectivity index (χ1n) is 8.30. The normalized spacial score (nSPS) is 11.4. The standard InChI is InChI=1S/C20H18N2O5/c1-20(2,3)14-9-7-12(8-10-14)18(23)21-15-11-13-5-4-6-16(22(25)26)17(13)27-19(15)24/h4-11H,1-3H3,(H,21,23). The van der Waals surface area contributed by atoms with Crippen molar-refractivity contribution in [1.82, 2.24) is 0 Å². The van der Waals surface area contributed by atoms with Gasteiger partial charge in [-0.3, -0.25) is 14.9 Å². The highest BCUT2D eigenvalue weighted by Crippen LogP contribution is 2.26. The number of nitro benzene ring substituents is 1. The van der Waals surface area contributed by atoms with Crippen molar-refractivity contribution in [3.05, 3.63) is 80.2 Å². The summed E-state index contributed by atoms with van der Waals surface area (Å²) >= 11 is 0. The third-order valence-corrected chi connectivity index (χ3v) is 4.20. The Morgan fingerprint density at radius 1 is 1.11 bits per heavy atom. The number of carbonyl (C=O) groups is 1. The number of anilines is 1. The maximum atomic E-state index is 12.4. The van der Waals surface area contributed by atoms with Crippen LogP contribution >= 0.6 is 0 Å². The third kappa shape index (κ3) is 3.72. The summed E-state index contributed by atoms with van der Waals surface area (Å²) in [7, 11) is 0. The minimum absolute atomic E-state index is 0.0386. The second kappa shape index (κ2) is 6.68. The number of non-ortho nitro benzene ring substituents is 1. The molecule has 1 aromatic heterocycles. The molecule has 2 aromatic carbocycles. The molecule has 0 atom stereocenters. The number of hydrogen-bond donors (Lipinski definition) is 1. The Kier molecular flexibility index (Phi) is 4.53. The van der Waals surface area contributed by atoms with E-state index in [0.29, 0.717) is 10.9 Å². The van der Waals surface area contributed by atoms with Gasteiger partial charge in [0.25, 0.3) is 5.91 Å². The predicted octanol–water partition coefficient (Wildman–Crippen LogP) is 4.25. The number of fused-ring (bicyclic) bond motifs is 1. The van der Waals surface area contributed by atoms with Crippen LogP contribution in [0.2, 0.25) is 0 Å². The first kappa shape index (κ1) is 18.3. The zero-order valence-electron chi connectivity index (χ0n) is 15.1. The number of nitrogens with zero attached hydrogens (tertiary/aromatic N) is 1. The van der Waals surface area contributed by atoms with Crippen molar-refractivity contribution in [2.24, 2.45) is 0 Å². The molecule has 0 bridgehead atoms. The van der Waals surface area contributed by atoms with Crippen LogP contribution in [-0.4, -0.2) is 10.8 Å². The van der Waals surface area contributed by atoms with Crippen molar-refractivity contribution in [1.29, 1.82) is 0 Å². The van der Waals surface area contributed by atoms with Crippen molar-refractivity contribution in [2.45, 2.75) is 26.2 Å². The van der Waals surface area contributed by atoms with Crippen LogP contribution in [-0.2, 0) is 5.41 Å². The molecule has 3 rings (SSSR count). The van der Waals surface area contributed by atoms with Crippen LogP contribution in [0.4, 0.5) is 11.4 Å². The number of nitro groups is 1. The molecule has 0 unspecified atom stereocenters. The molecule has 0 aliphatic carbocycles. The van der Waals surface area contributed by atoms with Crippen LogP contribution in [0.5, 0.6) is 0 Å². The zero-order valence-corrected chi connectivity index (χ0v) is 15.1. The van der Waals surface area contributed by atoms with E-state index in [1.807, 2.05) is 12.1 Å². The van der Waals surface area contributed by atoms with Crippen molar-refractivity contribution in [3.63, 3.8) is 0 Å². The van der Waals surface area contributed by atoms with Crippen LogP contribution in [0.3, 0.4) is 0 Å². The molecule has 1 amide bonds. The van der Waals surface area contributed by atoms with Gasteiger partial charge in [0.05, 0.1) is 4.92 Å². The summed E-state index contributed by atoms with van der Waals surface area (Å²) in [6.07, 6.45) is 0. The fourth-order valence-corrected chi connectivity index (χ4v) is 2.68. The summed E-state index contributed by atoms with van der Waals surface area (Å²) in [5.41, 5.74) is 0.0751. The van der Waals surface area contributed by atoms with E-state index in [2.05, 4.69) is 26.1 Å². The zero-order chi connectivity index (χ0) is 19.8. The average Bonchev–Trinajstić information content (AvgIpc) is 2.61. The topological polar surface area (TPSA) is 102 Å². The van der Waals surface area contributed by atoms with E-state index < -0.39 is 16.5 Å². The fraction of sp³-hybridized carbons (Fsp3) is 0.200. The molecule has 138 valence electrons. The molecule has 0 spiro atoms. The Morgan fingerprint density at radius 3 is 2.37 bits per heavy atom. The molecule has 7 heteroatoms. The first-order valence-corrected chi connectivity index (χ1v) is 8.30. The lowest BCUT2D eigenvalue weighted by atomic mass is 9.87. The highest BCUT2D eigenvalue weighted by Gasteiger charge is 2.18. The van der Waals surface area contributed by atoms with E-state index >= 15 is 0 Å². The highest BCUT2D eigenvalue weighted by molar-refractivity contribution is 6.05. The van der Waals surface area contributed by atoms with Gasteiger partial charge in [-0.05, 0) is 29.2 Å². The second-order valence-electron chi connectivity index (χ2n) is 7.18. The van der Waals surface area contributed by atoms with E-state index in [1.165, 1.54) is 18.2 Å². The van der Waals surface area contributed by atoms with Gasteiger partial charge < -0.3 is 9.73 Å². The Morgan fingerprint density at radius 2 is 1.78 bits per heavy atom. The molecule has 1 heterocycles. The van der Waals surface area contributed by atoms with Crippen molar-refractivity contribution in [3.8, 4) is 0 Å². The monoisotopic (exact) mass is 366 g/mol. The molecule has 1 N–H and O–H groups in total. The summed E-state index contributed by atoms with van der Waals surface area (Å²) in [4.78, 5) is 35.0. The Hall–Kier alpha value is -3.48. The van der Waals surface area contributed by atoms with Crippen molar-refractivity contribution >= 4 is 28.3 Å². The molecular formula is C20H18N2O5. The SMILES string of the molecule is CC(C)(C)c1ccc(C(=O)Nc2cc3cccc([N+](=O)[O-])c3oc2=O)cc1. The summed E-state index contributed by atoms with van der Waals surface area (Å²) < 4.78 is 5.07. The number of carbonyl (C=O) groups excluding carboxylic acids is 1. The molecule has 0 radical (unpaired) electrons. The van der Waals surface area contributed by atoms with Crippen molar-refractivity contribution in [2.75, 3.05) is 5.32 Å². The highest BCUT2D eigenvalue weighted by atomic mass is 16.6. The number of benzene rings is 2. The van der Waals surface area contributed by atoms with Crippen LogP contribution in [0.1, 0.15) is 36.7 Å². The largest absolute Gasteiger partial charge is 0.414 e. The molecule has 3 aromatic rings. The Bertz CT molecular complexity index is 1090. The molecule has 0 saturated carbocycles. The van der Waals surface area contributed by atoms with Crippen LogP contribution in [0.25, 0.3) is 11.0 Å². The Labute approximate surface area is 154 Å². The van der Waals surface area contributed by atoms with E-state index in [1.54, 1.807) is 18.2 Å². The quantitative estimate of drug-likeness (QED) is 0.424. The van der Waals surface area contributed by atoms with Gasteiger partial charge in [-0.2, -0.15) is 0 Å². The number of amides is 1. The van der Waals surface area contributed by atoms with E-state index in [0.717, 1.165) is 5.56 Å².